The maximum atomic E-state index is 13.6. The first-order valence-electron chi connectivity index (χ1n) is 9.46. The lowest BCUT2D eigenvalue weighted by molar-refractivity contribution is -0.138. The third-order valence-corrected chi connectivity index (χ3v) is 4.80. The molecule has 0 aliphatic rings. The first-order valence-corrected chi connectivity index (χ1v) is 9.46. The number of rotatable bonds is 3. The van der Waals surface area contributed by atoms with E-state index < -0.39 is 23.5 Å². The minimum absolute atomic E-state index is 0.00761. The van der Waals surface area contributed by atoms with Crippen molar-refractivity contribution >= 4 is 5.82 Å². The maximum absolute atomic E-state index is 13.6. The Kier molecular flexibility index (Phi) is 5.52. The summed E-state index contributed by atoms with van der Waals surface area (Å²) in [7, 11) is 0. The van der Waals surface area contributed by atoms with E-state index in [2.05, 4.69) is 15.0 Å². The van der Waals surface area contributed by atoms with Gasteiger partial charge in [0.2, 0.25) is 0 Å². The molecule has 168 valence electrons. The van der Waals surface area contributed by atoms with Gasteiger partial charge in [-0.3, -0.25) is 4.98 Å². The average molecular weight is 460 g/mol. The van der Waals surface area contributed by atoms with Crippen molar-refractivity contribution in [1.29, 1.82) is 0 Å². The summed E-state index contributed by atoms with van der Waals surface area (Å²) >= 11 is 0. The number of hydrogen-bond acceptors (Lipinski definition) is 4. The smallest absolute Gasteiger partial charge is 0.384 e. The highest BCUT2D eigenvalue weighted by Crippen LogP contribution is 2.36. The molecule has 3 heterocycles. The van der Waals surface area contributed by atoms with Gasteiger partial charge in [-0.15, -0.1) is 0 Å². The van der Waals surface area contributed by atoms with Crippen LogP contribution in [0.1, 0.15) is 11.1 Å². The van der Waals surface area contributed by atoms with Crippen LogP contribution in [0, 0.1) is 0 Å². The van der Waals surface area contributed by atoms with Crippen LogP contribution >= 0.6 is 0 Å². The molecule has 33 heavy (non-hydrogen) atoms. The third-order valence-electron chi connectivity index (χ3n) is 4.80. The molecule has 3 aromatic heterocycles. The lowest BCUT2D eigenvalue weighted by atomic mass is 10.0. The maximum Gasteiger partial charge on any atom is 0.416 e. The van der Waals surface area contributed by atoms with Crippen molar-refractivity contribution in [3.63, 3.8) is 0 Å². The fraction of sp³-hybridized carbons (Fsp3) is 0.0870. The predicted molar refractivity (Wildman–Crippen MR) is 111 cm³/mol. The Labute approximate surface area is 183 Å². The van der Waals surface area contributed by atoms with Crippen LogP contribution in [-0.4, -0.2) is 15.0 Å². The Morgan fingerprint density at radius 2 is 1.18 bits per heavy atom. The summed E-state index contributed by atoms with van der Waals surface area (Å²) in [6.45, 7) is 0. The average Bonchev–Trinajstić information content (AvgIpc) is 2.78. The van der Waals surface area contributed by atoms with E-state index in [1.165, 1.54) is 18.5 Å². The summed E-state index contributed by atoms with van der Waals surface area (Å²) in [6.07, 6.45) is -6.35. The summed E-state index contributed by atoms with van der Waals surface area (Å²) in [6, 6.07) is 11.7. The van der Waals surface area contributed by atoms with Crippen LogP contribution < -0.4 is 5.73 Å². The fourth-order valence-corrected chi connectivity index (χ4v) is 3.12. The molecule has 0 unspecified atom stereocenters. The van der Waals surface area contributed by atoms with Gasteiger partial charge in [-0.1, -0.05) is 12.1 Å². The van der Waals surface area contributed by atoms with Crippen molar-refractivity contribution in [3.05, 3.63) is 84.2 Å². The van der Waals surface area contributed by atoms with Gasteiger partial charge in [-0.25, -0.2) is 9.97 Å². The zero-order chi connectivity index (χ0) is 23.8. The molecule has 0 atom stereocenters. The van der Waals surface area contributed by atoms with Gasteiger partial charge in [0, 0.05) is 29.1 Å². The summed E-state index contributed by atoms with van der Waals surface area (Å²) < 4.78 is 79.3. The Bertz CT molecular complexity index is 1280. The third kappa shape index (κ3) is 4.94. The SMILES string of the molecule is Nc1ccc(-c2cc(-c3cc(C(F)(F)F)cc(-c4ccc(C(F)(F)F)cc4)n3)ccn2)cn1. The van der Waals surface area contributed by atoms with Crippen LogP contribution in [0.5, 0.6) is 0 Å². The van der Waals surface area contributed by atoms with E-state index in [0.717, 1.165) is 36.4 Å². The Balaban J connectivity index is 1.81. The molecule has 4 nitrogen and oxygen atoms in total. The monoisotopic (exact) mass is 460 g/mol. The molecular weight excluding hydrogens is 446 g/mol. The molecule has 4 aromatic rings. The van der Waals surface area contributed by atoms with E-state index in [0.29, 0.717) is 22.6 Å². The molecule has 0 aliphatic heterocycles. The molecule has 10 heteroatoms. The Morgan fingerprint density at radius 1 is 0.576 bits per heavy atom. The molecule has 0 spiro atoms. The number of nitrogens with two attached hydrogens (primary N) is 1. The first kappa shape index (κ1) is 22.3. The number of pyridine rings is 3. The number of hydrogen-bond donors (Lipinski definition) is 1. The van der Waals surface area contributed by atoms with E-state index in [-0.39, 0.29) is 17.0 Å². The Hall–Kier alpha value is -3.95. The first-order chi connectivity index (χ1) is 15.5. The highest BCUT2D eigenvalue weighted by atomic mass is 19.4. The molecule has 4 rings (SSSR count). The number of anilines is 1. The second-order valence-electron chi connectivity index (χ2n) is 7.10. The Morgan fingerprint density at radius 3 is 1.76 bits per heavy atom. The number of aromatic nitrogens is 3. The van der Waals surface area contributed by atoms with Crippen molar-refractivity contribution in [1.82, 2.24) is 15.0 Å². The van der Waals surface area contributed by atoms with Crippen molar-refractivity contribution in [2.75, 3.05) is 5.73 Å². The molecule has 0 radical (unpaired) electrons. The standard InChI is InChI=1S/C23H14F6N4/c24-22(25,26)16-4-1-13(2-5-16)19-10-17(23(27,28)29)11-20(33-19)14-7-8-31-18(9-14)15-3-6-21(30)32-12-15/h1-12H,(H2,30,32). The van der Waals surface area contributed by atoms with Gasteiger partial charge < -0.3 is 5.73 Å². The van der Waals surface area contributed by atoms with Crippen LogP contribution in [0.2, 0.25) is 0 Å². The quantitative estimate of drug-likeness (QED) is 0.355. The molecule has 1 aromatic carbocycles. The van der Waals surface area contributed by atoms with Gasteiger partial charge in [0.05, 0.1) is 28.2 Å². The van der Waals surface area contributed by atoms with Crippen molar-refractivity contribution in [3.8, 4) is 33.8 Å². The second kappa shape index (κ2) is 8.19. The molecule has 0 amide bonds. The van der Waals surface area contributed by atoms with Gasteiger partial charge in [0.25, 0.3) is 0 Å². The number of nitrogen functional groups attached to an aromatic ring is 1. The predicted octanol–water partition coefficient (Wildman–Crippen LogP) is 6.49. The lowest BCUT2D eigenvalue weighted by Gasteiger charge is -2.13. The zero-order valence-electron chi connectivity index (χ0n) is 16.6. The minimum atomic E-state index is -4.69. The van der Waals surface area contributed by atoms with E-state index in [4.69, 9.17) is 5.73 Å². The second-order valence-corrected chi connectivity index (χ2v) is 7.10. The van der Waals surface area contributed by atoms with Gasteiger partial charge in [-0.05, 0) is 48.5 Å². The van der Waals surface area contributed by atoms with E-state index in [9.17, 15) is 26.3 Å². The molecule has 2 N–H and O–H groups in total. The van der Waals surface area contributed by atoms with E-state index in [1.807, 2.05) is 0 Å². The molecule has 0 saturated carbocycles. The number of halogens is 6. The molecular formula is C23H14F6N4. The zero-order valence-corrected chi connectivity index (χ0v) is 16.6. The number of benzene rings is 1. The summed E-state index contributed by atoms with van der Waals surface area (Å²) in [5.41, 5.74) is 5.07. The normalized spacial score (nSPS) is 12.1. The topological polar surface area (TPSA) is 64.7 Å². The van der Waals surface area contributed by atoms with Gasteiger partial charge in [-0.2, -0.15) is 26.3 Å². The van der Waals surface area contributed by atoms with E-state index in [1.54, 1.807) is 18.2 Å². The highest BCUT2D eigenvalue weighted by Gasteiger charge is 2.32. The summed E-state index contributed by atoms with van der Waals surface area (Å²) in [5, 5.41) is 0. The van der Waals surface area contributed by atoms with Crippen LogP contribution in [0.25, 0.3) is 33.8 Å². The van der Waals surface area contributed by atoms with Crippen LogP contribution in [0.3, 0.4) is 0 Å². The summed E-state index contributed by atoms with van der Waals surface area (Å²) in [4.78, 5) is 12.5. The largest absolute Gasteiger partial charge is 0.416 e. The van der Waals surface area contributed by atoms with Crippen LogP contribution in [-0.2, 0) is 12.4 Å². The van der Waals surface area contributed by atoms with Crippen molar-refractivity contribution < 1.29 is 26.3 Å². The molecule has 0 fully saturated rings. The van der Waals surface area contributed by atoms with Crippen LogP contribution in [0.4, 0.5) is 32.2 Å². The van der Waals surface area contributed by atoms with E-state index >= 15 is 0 Å². The molecule has 0 bridgehead atoms. The van der Waals surface area contributed by atoms with Crippen molar-refractivity contribution in [2.24, 2.45) is 0 Å². The number of alkyl halides is 6. The van der Waals surface area contributed by atoms with Gasteiger partial charge in [0.1, 0.15) is 5.82 Å². The molecule has 0 aliphatic carbocycles. The minimum Gasteiger partial charge on any atom is -0.384 e. The lowest BCUT2D eigenvalue weighted by Crippen LogP contribution is -2.07. The highest BCUT2D eigenvalue weighted by molar-refractivity contribution is 5.71. The number of nitrogens with zero attached hydrogens (tertiary/aromatic N) is 3. The van der Waals surface area contributed by atoms with Crippen LogP contribution in [0.15, 0.2) is 73.1 Å². The molecule has 0 saturated heterocycles. The van der Waals surface area contributed by atoms with Crippen molar-refractivity contribution in [2.45, 2.75) is 12.4 Å². The fourth-order valence-electron chi connectivity index (χ4n) is 3.12. The summed E-state index contributed by atoms with van der Waals surface area (Å²) in [5.74, 6) is 0.302. The van der Waals surface area contributed by atoms with Gasteiger partial charge in [0.15, 0.2) is 0 Å². The van der Waals surface area contributed by atoms with Gasteiger partial charge >= 0.3 is 12.4 Å².